The largest absolute Gasteiger partial charge is 0.494 e. The van der Waals surface area contributed by atoms with E-state index in [1.54, 1.807) is 6.08 Å². The predicted octanol–water partition coefficient (Wildman–Crippen LogP) is 5.01. The van der Waals surface area contributed by atoms with Gasteiger partial charge in [-0.2, -0.15) is 5.26 Å². The molecule has 29 heavy (non-hydrogen) atoms. The summed E-state index contributed by atoms with van der Waals surface area (Å²) in [5.74, 6) is 0.366. The van der Waals surface area contributed by atoms with Gasteiger partial charge in [-0.15, -0.1) is 0 Å². The number of anilines is 2. The van der Waals surface area contributed by atoms with Gasteiger partial charge in [0, 0.05) is 24.5 Å². The highest BCUT2D eigenvalue weighted by atomic mass is 16.5. The fraction of sp³-hybridized carbons (Fsp3) is 0.333. The molecule has 1 saturated heterocycles. The number of nitrogens with zero attached hydrogens (tertiary/aromatic N) is 2. The fourth-order valence-electron chi connectivity index (χ4n) is 3.30. The van der Waals surface area contributed by atoms with E-state index in [0.29, 0.717) is 12.3 Å². The van der Waals surface area contributed by atoms with E-state index in [1.165, 1.54) is 24.9 Å². The highest BCUT2D eigenvalue weighted by Crippen LogP contribution is 2.22. The van der Waals surface area contributed by atoms with Crippen LogP contribution in [0.3, 0.4) is 0 Å². The van der Waals surface area contributed by atoms with Crippen LogP contribution in [0, 0.1) is 11.3 Å². The third-order valence-corrected chi connectivity index (χ3v) is 4.88. The summed E-state index contributed by atoms with van der Waals surface area (Å²) in [5, 5.41) is 12.2. The maximum absolute atomic E-state index is 12.5. The zero-order valence-corrected chi connectivity index (χ0v) is 16.9. The highest BCUT2D eigenvalue weighted by molar-refractivity contribution is 6.09. The van der Waals surface area contributed by atoms with E-state index in [9.17, 15) is 10.1 Å². The lowest BCUT2D eigenvalue weighted by Crippen LogP contribution is -2.29. The molecule has 2 aromatic carbocycles. The molecule has 1 aliphatic rings. The number of hydrogen-bond donors (Lipinski definition) is 1. The number of rotatable bonds is 7. The lowest BCUT2D eigenvalue weighted by molar-refractivity contribution is -0.112. The topological polar surface area (TPSA) is 65.4 Å². The van der Waals surface area contributed by atoms with Gasteiger partial charge in [0.25, 0.3) is 5.91 Å². The Kier molecular flexibility index (Phi) is 7.29. The minimum atomic E-state index is -0.412. The molecule has 1 amide bonds. The molecule has 0 aliphatic carbocycles. The number of piperidine rings is 1. The zero-order chi connectivity index (χ0) is 20.5. The van der Waals surface area contributed by atoms with Gasteiger partial charge in [-0.05, 0) is 73.7 Å². The molecule has 5 heteroatoms. The van der Waals surface area contributed by atoms with Crippen LogP contribution < -0.4 is 15.0 Å². The van der Waals surface area contributed by atoms with Crippen molar-refractivity contribution in [1.29, 1.82) is 5.26 Å². The molecule has 1 N–H and O–H groups in total. The van der Waals surface area contributed by atoms with Crippen molar-refractivity contribution >= 4 is 23.4 Å². The highest BCUT2D eigenvalue weighted by Gasteiger charge is 2.12. The number of nitrogens with one attached hydrogen (secondary N) is 1. The van der Waals surface area contributed by atoms with Gasteiger partial charge in [0.1, 0.15) is 17.4 Å². The van der Waals surface area contributed by atoms with Gasteiger partial charge in [-0.3, -0.25) is 4.79 Å². The number of benzene rings is 2. The van der Waals surface area contributed by atoms with Crippen LogP contribution in [0.25, 0.3) is 6.08 Å². The van der Waals surface area contributed by atoms with Crippen LogP contribution in [-0.4, -0.2) is 25.6 Å². The van der Waals surface area contributed by atoms with Gasteiger partial charge in [0.2, 0.25) is 0 Å². The number of nitriles is 1. The van der Waals surface area contributed by atoms with Crippen LogP contribution in [0.4, 0.5) is 11.4 Å². The van der Waals surface area contributed by atoms with Crippen molar-refractivity contribution in [2.24, 2.45) is 0 Å². The van der Waals surface area contributed by atoms with Crippen molar-refractivity contribution < 1.29 is 9.53 Å². The number of ether oxygens (including phenoxy) is 1. The monoisotopic (exact) mass is 389 g/mol. The first kappa shape index (κ1) is 20.5. The van der Waals surface area contributed by atoms with Gasteiger partial charge >= 0.3 is 0 Å². The minimum absolute atomic E-state index is 0.0623. The third-order valence-electron chi connectivity index (χ3n) is 4.88. The first-order valence-electron chi connectivity index (χ1n) is 10.2. The molecule has 0 aromatic heterocycles. The molecule has 1 heterocycles. The van der Waals surface area contributed by atoms with Crippen molar-refractivity contribution in [3.8, 4) is 11.8 Å². The van der Waals surface area contributed by atoms with E-state index in [4.69, 9.17) is 4.74 Å². The number of hydrogen-bond acceptors (Lipinski definition) is 4. The average Bonchev–Trinajstić information content (AvgIpc) is 2.78. The summed E-state index contributed by atoms with van der Waals surface area (Å²) in [4.78, 5) is 14.9. The second kappa shape index (κ2) is 10.3. The number of amides is 1. The Morgan fingerprint density at radius 1 is 1.10 bits per heavy atom. The molecule has 0 unspecified atom stereocenters. The first-order chi connectivity index (χ1) is 14.2. The molecule has 3 rings (SSSR count). The maximum Gasteiger partial charge on any atom is 0.266 e. The van der Waals surface area contributed by atoms with Crippen molar-refractivity contribution in [3.05, 3.63) is 59.7 Å². The van der Waals surface area contributed by atoms with Gasteiger partial charge in [-0.1, -0.05) is 19.1 Å². The van der Waals surface area contributed by atoms with Crippen LogP contribution in [0.1, 0.15) is 38.2 Å². The maximum atomic E-state index is 12.5. The molecular formula is C24H27N3O2. The Bertz CT molecular complexity index is 874. The molecule has 0 radical (unpaired) electrons. The Hall–Kier alpha value is -3.26. The van der Waals surface area contributed by atoms with Crippen molar-refractivity contribution in [2.45, 2.75) is 32.6 Å². The standard InChI is InChI=1S/C24H27N3O2/c1-2-16-29-23-12-6-19(7-13-23)17-20(18-25)24(28)26-21-8-10-22(11-9-21)27-14-4-3-5-15-27/h6-13,17H,2-5,14-16H2,1H3,(H,26,28). The summed E-state index contributed by atoms with van der Waals surface area (Å²) in [7, 11) is 0. The average molecular weight is 389 g/mol. The SMILES string of the molecule is CCCOc1ccc(C=C(C#N)C(=O)Nc2ccc(N3CCCCC3)cc2)cc1. The van der Waals surface area contributed by atoms with Crippen molar-refractivity contribution in [1.82, 2.24) is 0 Å². The lowest BCUT2D eigenvalue weighted by Gasteiger charge is -2.28. The zero-order valence-electron chi connectivity index (χ0n) is 16.9. The Balaban J connectivity index is 1.63. The molecule has 5 nitrogen and oxygen atoms in total. The molecule has 150 valence electrons. The predicted molar refractivity (Wildman–Crippen MR) is 117 cm³/mol. The van der Waals surface area contributed by atoms with Gasteiger partial charge in [-0.25, -0.2) is 0 Å². The lowest BCUT2D eigenvalue weighted by atomic mass is 10.1. The summed E-state index contributed by atoms with van der Waals surface area (Å²) in [6.07, 6.45) is 6.27. The van der Waals surface area contributed by atoms with E-state index in [-0.39, 0.29) is 5.57 Å². The van der Waals surface area contributed by atoms with E-state index in [1.807, 2.05) is 54.6 Å². The fourth-order valence-corrected chi connectivity index (χ4v) is 3.30. The van der Waals surface area contributed by atoms with Gasteiger partial charge in [0.15, 0.2) is 0 Å². The summed E-state index contributed by atoms with van der Waals surface area (Å²) >= 11 is 0. The molecule has 1 fully saturated rings. The van der Waals surface area contributed by atoms with Crippen molar-refractivity contribution in [2.75, 3.05) is 29.9 Å². The molecule has 2 aromatic rings. The van der Waals surface area contributed by atoms with Crippen molar-refractivity contribution in [3.63, 3.8) is 0 Å². The van der Waals surface area contributed by atoms with Crippen LogP contribution in [0.5, 0.6) is 5.75 Å². The molecular weight excluding hydrogens is 362 g/mol. The van der Waals surface area contributed by atoms with Crippen LogP contribution >= 0.6 is 0 Å². The van der Waals surface area contributed by atoms with Crippen LogP contribution in [0.15, 0.2) is 54.1 Å². The minimum Gasteiger partial charge on any atom is -0.494 e. The Morgan fingerprint density at radius 2 is 1.79 bits per heavy atom. The molecule has 0 saturated carbocycles. The van der Waals surface area contributed by atoms with Gasteiger partial charge < -0.3 is 15.0 Å². The Morgan fingerprint density at radius 3 is 2.41 bits per heavy atom. The Labute approximate surface area is 172 Å². The van der Waals surface area contributed by atoms with E-state index in [2.05, 4.69) is 17.1 Å². The van der Waals surface area contributed by atoms with Gasteiger partial charge in [0.05, 0.1) is 6.61 Å². The first-order valence-corrected chi connectivity index (χ1v) is 10.2. The summed E-state index contributed by atoms with van der Waals surface area (Å²) in [6, 6.07) is 17.2. The second-order valence-electron chi connectivity index (χ2n) is 7.14. The quantitative estimate of drug-likeness (QED) is 0.534. The van der Waals surface area contributed by atoms with E-state index in [0.717, 1.165) is 30.8 Å². The molecule has 0 atom stereocenters. The summed E-state index contributed by atoms with van der Waals surface area (Å²) in [5.41, 5.74) is 2.69. The van der Waals surface area contributed by atoms with Crippen LogP contribution in [0.2, 0.25) is 0 Å². The number of carbonyl (C=O) groups is 1. The van der Waals surface area contributed by atoms with Crippen LogP contribution in [-0.2, 0) is 4.79 Å². The smallest absolute Gasteiger partial charge is 0.266 e. The molecule has 1 aliphatic heterocycles. The molecule has 0 bridgehead atoms. The van der Waals surface area contributed by atoms with E-state index < -0.39 is 5.91 Å². The summed E-state index contributed by atoms with van der Waals surface area (Å²) < 4.78 is 5.55. The molecule has 0 spiro atoms. The third kappa shape index (κ3) is 5.86. The number of carbonyl (C=O) groups excluding carboxylic acids is 1. The second-order valence-corrected chi connectivity index (χ2v) is 7.14. The normalized spacial score (nSPS) is 14.2. The summed E-state index contributed by atoms with van der Waals surface area (Å²) in [6.45, 7) is 4.87. The van der Waals surface area contributed by atoms with E-state index >= 15 is 0 Å².